The first-order valence-electron chi connectivity index (χ1n) is 6.91. The molecule has 0 aromatic heterocycles. The molecule has 0 aliphatic heterocycles. The van der Waals surface area contributed by atoms with Crippen molar-refractivity contribution in [1.82, 2.24) is 0 Å². The molecule has 0 saturated heterocycles. The number of nitrogens with one attached hydrogen (secondary N) is 2. The molecule has 5 heteroatoms. The first-order valence-corrected chi connectivity index (χ1v) is 6.91. The van der Waals surface area contributed by atoms with Crippen LogP contribution in [-0.2, 0) is 9.53 Å². The van der Waals surface area contributed by atoms with E-state index in [1.165, 1.54) is 13.5 Å². The highest BCUT2D eigenvalue weighted by Crippen LogP contribution is 2.54. The fraction of sp³-hybridized carbons (Fsp3) is 0.467. The summed E-state index contributed by atoms with van der Waals surface area (Å²) >= 11 is 0. The van der Waals surface area contributed by atoms with E-state index in [0.29, 0.717) is 11.4 Å². The molecule has 2 N–H and O–H groups in total. The number of hydrogen-bond acceptors (Lipinski definition) is 3. The van der Waals surface area contributed by atoms with Gasteiger partial charge in [0.05, 0.1) is 7.11 Å². The van der Waals surface area contributed by atoms with Crippen molar-refractivity contribution in [2.45, 2.75) is 19.3 Å². The lowest BCUT2D eigenvalue weighted by Gasteiger charge is -2.13. The van der Waals surface area contributed by atoms with Crippen molar-refractivity contribution in [1.29, 1.82) is 0 Å². The lowest BCUT2D eigenvalue weighted by Crippen LogP contribution is -2.21. The highest BCUT2D eigenvalue weighted by Gasteiger charge is 2.47. The van der Waals surface area contributed by atoms with Gasteiger partial charge >= 0.3 is 6.09 Å². The largest absolute Gasteiger partial charge is 0.453 e. The minimum absolute atomic E-state index is 0.0902. The van der Waals surface area contributed by atoms with Crippen LogP contribution in [0, 0.1) is 17.8 Å². The Hall–Kier alpha value is -2.04. The number of methoxy groups -OCH3 is 1. The zero-order valence-corrected chi connectivity index (χ0v) is 11.4. The van der Waals surface area contributed by atoms with Crippen LogP contribution < -0.4 is 10.6 Å². The maximum absolute atomic E-state index is 12.1. The molecule has 3 rings (SSSR count). The molecule has 2 aliphatic rings. The minimum Gasteiger partial charge on any atom is -0.453 e. The van der Waals surface area contributed by atoms with Gasteiger partial charge in [0.2, 0.25) is 5.91 Å². The highest BCUT2D eigenvalue weighted by molar-refractivity contribution is 5.94. The maximum atomic E-state index is 12.1. The van der Waals surface area contributed by atoms with E-state index in [9.17, 15) is 9.59 Å². The van der Waals surface area contributed by atoms with E-state index in [0.717, 1.165) is 24.7 Å². The quantitative estimate of drug-likeness (QED) is 0.890. The van der Waals surface area contributed by atoms with Crippen LogP contribution in [0.1, 0.15) is 19.3 Å². The number of fused-ring (bicyclic) bond motifs is 1. The molecule has 2 aliphatic carbocycles. The predicted octanol–water partition coefficient (Wildman–Crippen LogP) is 2.85. The summed E-state index contributed by atoms with van der Waals surface area (Å²) in [5.74, 6) is 1.82. The van der Waals surface area contributed by atoms with Gasteiger partial charge in [-0.3, -0.25) is 10.1 Å². The van der Waals surface area contributed by atoms with E-state index in [2.05, 4.69) is 15.4 Å². The van der Waals surface area contributed by atoms with Crippen LogP contribution in [0.25, 0.3) is 0 Å². The van der Waals surface area contributed by atoms with Gasteiger partial charge in [-0.25, -0.2) is 4.79 Å². The van der Waals surface area contributed by atoms with E-state index in [4.69, 9.17) is 0 Å². The number of rotatable bonds is 3. The molecule has 2 saturated carbocycles. The standard InChI is InChI=1S/C15H18N2O3/c1-20-15(19)17-13-4-2-3-12(8-13)16-14(18)11-6-9-5-10(9)7-11/h2-4,8-11H,5-7H2,1H3,(H,16,18)(H,17,19). The van der Waals surface area contributed by atoms with Gasteiger partial charge in [0.15, 0.2) is 0 Å². The zero-order valence-electron chi connectivity index (χ0n) is 11.4. The van der Waals surface area contributed by atoms with Gasteiger partial charge in [0.25, 0.3) is 0 Å². The number of benzene rings is 1. The third kappa shape index (κ3) is 2.76. The number of amides is 2. The Kier molecular flexibility index (Phi) is 3.34. The van der Waals surface area contributed by atoms with E-state index >= 15 is 0 Å². The van der Waals surface area contributed by atoms with Crippen LogP contribution in [0.5, 0.6) is 0 Å². The Labute approximate surface area is 117 Å². The lowest BCUT2D eigenvalue weighted by molar-refractivity contribution is -0.120. The van der Waals surface area contributed by atoms with E-state index in [1.807, 2.05) is 6.07 Å². The molecule has 106 valence electrons. The van der Waals surface area contributed by atoms with Crippen LogP contribution in [0.3, 0.4) is 0 Å². The van der Waals surface area contributed by atoms with Gasteiger partial charge in [-0.2, -0.15) is 0 Å². The first-order chi connectivity index (χ1) is 9.65. The van der Waals surface area contributed by atoms with Crippen LogP contribution in [0.2, 0.25) is 0 Å². The van der Waals surface area contributed by atoms with Crippen molar-refractivity contribution < 1.29 is 14.3 Å². The van der Waals surface area contributed by atoms with Crippen molar-refractivity contribution in [3.05, 3.63) is 24.3 Å². The second-order valence-corrected chi connectivity index (χ2v) is 5.61. The second kappa shape index (κ2) is 5.15. The molecule has 2 amide bonds. The number of ether oxygens (including phenoxy) is 1. The van der Waals surface area contributed by atoms with Crippen molar-refractivity contribution in [2.24, 2.45) is 17.8 Å². The Balaban J connectivity index is 1.60. The number of anilines is 2. The van der Waals surface area contributed by atoms with Crippen molar-refractivity contribution in [3.8, 4) is 0 Å². The van der Waals surface area contributed by atoms with Gasteiger partial charge in [0, 0.05) is 17.3 Å². The number of hydrogen-bond donors (Lipinski definition) is 2. The number of carbonyl (C=O) groups excluding carboxylic acids is 2. The summed E-state index contributed by atoms with van der Waals surface area (Å²) in [5, 5.41) is 5.50. The maximum Gasteiger partial charge on any atom is 0.411 e. The topological polar surface area (TPSA) is 67.4 Å². The Morgan fingerprint density at radius 3 is 2.40 bits per heavy atom. The minimum atomic E-state index is -0.524. The molecule has 2 atom stereocenters. The molecule has 2 unspecified atom stereocenters. The first kappa shape index (κ1) is 13.0. The van der Waals surface area contributed by atoms with E-state index < -0.39 is 6.09 Å². The smallest absolute Gasteiger partial charge is 0.411 e. The average Bonchev–Trinajstić information content (AvgIpc) is 3.05. The highest BCUT2D eigenvalue weighted by atomic mass is 16.5. The molecular weight excluding hydrogens is 256 g/mol. The normalized spacial score (nSPS) is 26.6. The molecule has 20 heavy (non-hydrogen) atoms. The molecule has 0 spiro atoms. The molecule has 5 nitrogen and oxygen atoms in total. The summed E-state index contributed by atoms with van der Waals surface area (Å²) in [7, 11) is 1.31. The average molecular weight is 274 g/mol. The van der Waals surface area contributed by atoms with E-state index in [-0.39, 0.29) is 11.8 Å². The third-order valence-electron chi connectivity index (χ3n) is 4.18. The lowest BCUT2D eigenvalue weighted by atomic mass is 10.0. The molecule has 0 bridgehead atoms. The van der Waals surface area contributed by atoms with Crippen LogP contribution in [-0.4, -0.2) is 19.1 Å². The summed E-state index contributed by atoms with van der Waals surface area (Å²) in [6.07, 6.45) is 2.83. The van der Waals surface area contributed by atoms with Crippen molar-refractivity contribution >= 4 is 23.4 Å². The fourth-order valence-electron chi connectivity index (χ4n) is 3.02. The van der Waals surface area contributed by atoms with Crippen molar-refractivity contribution in [3.63, 3.8) is 0 Å². The Morgan fingerprint density at radius 2 is 1.75 bits per heavy atom. The van der Waals surface area contributed by atoms with Crippen LogP contribution >= 0.6 is 0 Å². The van der Waals surface area contributed by atoms with Gasteiger partial charge in [0.1, 0.15) is 0 Å². The monoisotopic (exact) mass is 274 g/mol. The molecular formula is C15H18N2O3. The molecule has 0 heterocycles. The summed E-state index contributed by atoms with van der Waals surface area (Å²) < 4.78 is 4.54. The Morgan fingerprint density at radius 1 is 1.10 bits per heavy atom. The van der Waals surface area contributed by atoms with Gasteiger partial charge in [-0.15, -0.1) is 0 Å². The predicted molar refractivity (Wildman–Crippen MR) is 75.4 cm³/mol. The van der Waals surface area contributed by atoms with Gasteiger partial charge < -0.3 is 10.1 Å². The van der Waals surface area contributed by atoms with Crippen LogP contribution in [0.15, 0.2) is 24.3 Å². The molecule has 1 aromatic rings. The molecule has 2 fully saturated rings. The second-order valence-electron chi connectivity index (χ2n) is 5.61. The SMILES string of the molecule is COC(=O)Nc1cccc(NC(=O)C2CC3CC3C2)c1. The van der Waals surface area contributed by atoms with Gasteiger partial charge in [-0.1, -0.05) is 6.07 Å². The number of carbonyl (C=O) groups is 2. The van der Waals surface area contributed by atoms with Crippen LogP contribution in [0.4, 0.5) is 16.2 Å². The summed E-state index contributed by atoms with van der Waals surface area (Å²) in [5.41, 5.74) is 1.30. The fourth-order valence-corrected chi connectivity index (χ4v) is 3.02. The molecule has 0 radical (unpaired) electrons. The zero-order chi connectivity index (χ0) is 14.1. The molecule has 1 aromatic carbocycles. The van der Waals surface area contributed by atoms with E-state index in [1.54, 1.807) is 18.2 Å². The summed E-state index contributed by atoms with van der Waals surface area (Å²) in [4.78, 5) is 23.3. The summed E-state index contributed by atoms with van der Waals surface area (Å²) in [6.45, 7) is 0. The van der Waals surface area contributed by atoms with Crippen molar-refractivity contribution in [2.75, 3.05) is 17.7 Å². The Bertz CT molecular complexity index is 534. The van der Waals surface area contributed by atoms with Gasteiger partial charge in [-0.05, 0) is 49.3 Å². The summed E-state index contributed by atoms with van der Waals surface area (Å²) in [6, 6.07) is 7.07. The third-order valence-corrected chi connectivity index (χ3v) is 4.18.